The van der Waals surface area contributed by atoms with Crippen LogP contribution in [0.25, 0.3) is 11.3 Å². The fraction of sp³-hybridized carbons (Fsp3) is 0.217. The van der Waals surface area contributed by atoms with E-state index >= 15 is 0 Å². The van der Waals surface area contributed by atoms with Gasteiger partial charge < -0.3 is 10.1 Å². The maximum Gasteiger partial charge on any atom is 0.300 e. The summed E-state index contributed by atoms with van der Waals surface area (Å²) >= 11 is 6.10. The summed E-state index contributed by atoms with van der Waals surface area (Å²) in [6.45, 7) is 1.91. The van der Waals surface area contributed by atoms with Gasteiger partial charge in [0.15, 0.2) is 0 Å². The highest BCUT2D eigenvalue weighted by Crippen LogP contribution is 2.27. The first-order valence-electron chi connectivity index (χ1n) is 10.2. The number of nitrogens with one attached hydrogen (secondary N) is 1. The number of carbonyl (C=O) groups excluding carboxylic acids is 1. The fourth-order valence-corrected chi connectivity index (χ4v) is 3.82. The van der Waals surface area contributed by atoms with Gasteiger partial charge in [0.25, 0.3) is 0 Å². The molecule has 2 aromatic carbocycles. The van der Waals surface area contributed by atoms with Crippen molar-refractivity contribution in [2.75, 3.05) is 12.4 Å². The van der Waals surface area contributed by atoms with E-state index in [9.17, 15) is 14.0 Å². The third-order valence-corrected chi connectivity index (χ3v) is 5.42. The smallest absolute Gasteiger partial charge is 0.300 e. The minimum atomic E-state index is -0.439. The Kier molecular flexibility index (Phi) is 6.41. The lowest BCUT2D eigenvalue weighted by Crippen LogP contribution is -2.21. The monoisotopic (exact) mass is 469 g/mol. The van der Waals surface area contributed by atoms with Crippen LogP contribution in [0.15, 0.2) is 59.7 Å². The van der Waals surface area contributed by atoms with Crippen molar-refractivity contribution in [1.82, 2.24) is 19.2 Å². The van der Waals surface area contributed by atoms with Gasteiger partial charge in [0.05, 0.1) is 17.8 Å². The van der Waals surface area contributed by atoms with Crippen molar-refractivity contribution in [3.63, 3.8) is 0 Å². The number of ether oxygens (including phenoxy) is 1. The van der Waals surface area contributed by atoms with Crippen LogP contribution in [0.4, 0.5) is 10.1 Å². The Hall–Kier alpha value is -3.72. The van der Waals surface area contributed by atoms with E-state index in [2.05, 4.69) is 15.5 Å². The van der Waals surface area contributed by atoms with E-state index in [-0.39, 0.29) is 23.9 Å². The molecule has 0 radical (unpaired) electrons. The highest BCUT2D eigenvalue weighted by molar-refractivity contribution is 6.32. The predicted molar refractivity (Wildman–Crippen MR) is 123 cm³/mol. The lowest BCUT2D eigenvalue weighted by atomic mass is 10.0. The first kappa shape index (κ1) is 22.5. The Morgan fingerprint density at radius 3 is 2.76 bits per heavy atom. The van der Waals surface area contributed by atoms with Crippen LogP contribution < -0.4 is 15.6 Å². The summed E-state index contributed by atoms with van der Waals surface area (Å²) in [5, 5.41) is 11.4. The van der Waals surface area contributed by atoms with E-state index < -0.39 is 11.4 Å². The Balaban J connectivity index is 1.46. The largest absolute Gasteiger partial charge is 0.495 e. The number of nitrogens with zero attached hydrogens (tertiary/aromatic N) is 4. The molecule has 0 fully saturated rings. The molecule has 8 nitrogen and oxygen atoms in total. The van der Waals surface area contributed by atoms with Gasteiger partial charge >= 0.3 is 5.56 Å². The standard InChI is InChI=1S/C23H21ClFN5O3/c1-14(11-21(31)26-16-6-7-19(33-2)18(24)13-16)10-20-27-28-22-23(32)29(8-9-30(20)22)17-5-3-4-15(25)12-17/h3-9,12-14H,10-11H2,1-2H3,(H,26,31)/t14-/m1/s1. The molecule has 1 N–H and O–H groups in total. The molecule has 2 aromatic heterocycles. The van der Waals surface area contributed by atoms with Crippen LogP contribution in [0.5, 0.6) is 5.75 Å². The molecule has 1 atom stereocenters. The molecule has 0 bridgehead atoms. The number of anilines is 1. The topological polar surface area (TPSA) is 90.5 Å². The number of benzene rings is 2. The number of amides is 1. The van der Waals surface area contributed by atoms with Gasteiger partial charge in [-0.05, 0) is 42.3 Å². The summed E-state index contributed by atoms with van der Waals surface area (Å²) in [6.07, 6.45) is 3.87. The number of carbonyl (C=O) groups is 1. The van der Waals surface area contributed by atoms with Gasteiger partial charge in [0.1, 0.15) is 17.4 Å². The van der Waals surface area contributed by atoms with Gasteiger partial charge in [-0.1, -0.05) is 24.6 Å². The van der Waals surface area contributed by atoms with Crippen LogP contribution in [-0.2, 0) is 11.2 Å². The van der Waals surface area contributed by atoms with E-state index in [0.717, 1.165) is 0 Å². The quantitative estimate of drug-likeness (QED) is 0.443. The maximum atomic E-state index is 13.5. The Morgan fingerprint density at radius 1 is 1.21 bits per heavy atom. The minimum absolute atomic E-state index is 0.0724. The van der Waals surface area contributed by atoms with E-state index in [1.54, 1.807) is 41.1 Å². The first-order chi connectivity index (χ1) is 15.9. The molecule has 33 heavy (non-hydrogen) atoms. The summed E-state index contributed by atoms with van der Waals surface area (Å²) in [5.74, 6) is 0.396. The van der Waals surface area contributed by atoms with Crippen LogP contribution in [0, 0.1) is 11.7 Å². The number of aromatic nitrogens is 4. The summed E-state index contributed by atoms with van der Waals surface area (Å²) in [5.41, 5.74) is 0.685. The van der Waals surface area contributed by atoms with Crippen molar-refractivity contribution in [1.29, 1.82) is 0 Å². The molecule has 170 valence electrons. The van der Waals surface area contributed by atoms with Gasteiger partial charge in [-0.2, -0.15) is 0 Å². The number of fused-ring (bicyclic) bond motifs is 1. The van der Waals surface area contributed by atoms with E-state index in [0.29, 0.717) is 34.4 Å². The Bertz CT molecular complexity index is 1380. The van der Waals surface area contributed by atoms with E-state index in [4.69, 9.17) is 16.3 Å². The van der Waals surface area contributed by atoms with Crippen LogP contribution in [-0.4, -0.2) is 32.2 Å². The van der Waals surface area contributed by atoms with Crippen LogP contribution in [0.1, 0.15) is 19.2 Å². The lowest BCUT2D eigenvalue weighted by Gasteiger charge is -2.12. The minimum Gasteiger partial charge on any atom is -0.495 e. The third-order valence-electron chi connectivity index (χ3n) is 5.13. The summed E-state index contributed by atoms with van der Waals surface area (Å²) in [7, 11) is 1.52. The van der Waals surface area contributed by atoms with E-state index in [1.807, 2.05) is 6.92 Å². The van der Waals surface area contributed by atoms with Gasteiger partial charge in [-0.25, -0.2) is 4.39 Å². The first-order valence-corrected chi connectivity index (χ1v) is 10.6. The van der Waals surface area contributed by atoms with Crippen molar-refractivity contribution in [3.05, 3.63) is 81.9 Å². The molecule has 4 rings (SSSR count). The molecule has 4 aromatic rings. The predicted octanol–water partition coefficient (Wildman–Crippen LogP) is 3.89. The zero-order valence-corrected chi connectivity index (χ0v) is 18.7. The summed E-state index contributed by atoms with van der Waals surface area (Å²) in [6, 6.07) is 10.8. The van der Waals surface area contributed by atoms with Gasteiger partial charge in [-0.3, -0.25) is 18.6 Å². The van der Waals surface area contributed by atoms with Crippen molar-refractivity contribution >= 4 is 28.8 Å². The second-order valence-corrected chi connectivity index (χ2v) is 8.08. The number of rotatable bonds is 7. The molecular weight excluding hydrogens is 449 g/mol. The molecule has 0 aliphatic rings. The summed E-state index contributed by atoms with van der Waals surface area (Å²) < 4.78 is 21.6. The van der Waals surface area contributed by atoms with Crippen molar-refractivity contribution in [3.8, 4) is 11.4 Å². The molecule has 0 aliphatic carbocycles. The van der Waals surface area contributed by atoms with Crippen LogP contribution >= 0.6 is 11.6 Å². The molecule has 0 saturated carbocycles. The zero-order valence-electron chi connectivity index (χ0n) is 18.0. The molecular formula is C23H21ClFN5O3. The number of hydrogen-bond donors (Lipinski definition) is 1. The second kappa shape index (κ2) is 9.41. The van der Waals surface area contributed by atoms with Gasteiger partial charge in [-0.15, -0.1) is 10.2 Å². The molecule has 10 heteroatoms. The molecule has 2 heterocycles. The third kappa shape index (κ3) is 4.88. The maximum absolute atomic E-state index is 13.5. The molecule has 0 aliphatic heterocycles. The summed E-state index contributed by atoms with van der Waals surface area (Å²) in [4.78, 5) is 25.3. The van der Waals surface area contributed by atoms with Gasteiger partial charge in [0.2, 0.25) is 11.6 Å². The molecule has 0 unspecified atom stereocenters. The Labute approximate surface area is 193 Å². The number of methoxy groups -OCH3 is 1. The fourth-order valence-electron chi connectivity index (χ4n) is 3.56. The van der Waals surface area contributed by atoms with Gasteiger partial charge in [0, 0.05) is 30.9 Å². The lowest BCUT2D eigenvalue weighted by molar-refractivity contribution is -0.116. The number of hydrogen-bond acceptors (Lipinski definition) is 5. The highest BCUT2D eigenvalue weighted by atomic mass is 35.5. The molecule has 0 saturated heterocycles. The average Bonchev–Trinajstić information content (AvgIpc) is 3.17. The molecule has 0 spiro atoms. The second-order valence-electron chi connectivity index (χ2n) is 7.67. The normalized spacial score (nSPS) is 12.0. The van der Waals surface area contributed by atoms with Crippen LogP contribution in [0.3, 0.4) is 0 Å². The number of halogens is 2. The molecule has 1 amide bonds. The van der Waals surface area contributed by atoms with Crippen molar-refractivity contribution < 1.29 is 13.9 Å². The zero-order chi connectivity index (χ0) is 23.5. The SMILES string of the molecule is COc1ccc(NC(=O)C[C@H](C)Cc2nnc3c(=O)n(-c4cccc(F)c4)ccn23)cc1Cl. The van der Waals surface area contributed by atoms with Crippen LogP contribution in [0.2, 0.25) is 5.02 Å². The van der Waals surface area contributed by atoms with E-state index in [1.165, 1.54) is 29.9 Å². The Morgan fingerprint density at radius 2 is 2.03 bits per heavy atom. The highest BCUT2D eigenvalue weighted by Gasteiger charge is 2.17. The van der Waals surface area contributed by atoms with Crippen molar-refractivity contribution in [2.45, 2.75) is 19.8 Å². The average molecular weight is 470 g/mol. The van der Waals surface area contributed by atoms with Crippen molar-refractivity contribution in [2.24, 2.45) is 5.92 Å².